The number of hydrogen-bond donors (Lipinski definition) is 3. The van der Waals surface area contributed by atoms with E-state index in [1.165, 1.54) is 205 Å². The summed E-state index contributed by atoms with van der Waals surface area (Å²) in [6.45, 7) is 6.50. The molecule has 1 amide bonds. The number of aliphatic hydroxyl groups excluding tert-OH is 2. The van der Waals surface area contributed by atoms with Crippen LogP contribution in [-0.4, -0.2) is 46.9 Å². The van der Waals surface area contributed by atoms with Gasteiger partial charge in [-0.05, 0) is 44.9 Å². The molecule has 3 N–H and O–H groups in total. The second-order valence-electron chi connectivity index (χ2n) is 19.0. The molecule has 3 atom stereocenters. The lowest BCUT2D eigenvalue weighted by atomic mass is 10.0. The van der Waals surface area contributed by atoms with Crippen molar-refractivity contribution in [3.8, 4) is 0 Å². The first-order valence-corrected chi connectivity index (χ1v) is 27.4. The average Bonchev–Trinajstić information content (AvgIpc) is 3.25. The quantitative estimate of drug-likeness (QED) is 0.0322. The first-order chi connectivity index (χ1) is 30.0. The molecule has 0 aromatic heterocycles. The van der Waals surface area contributed by atoms with E-state index in [1.807, 2.05) is 0 Å². The monoisotopic (exact) mass is 862 g/mol. The number of allylic oxidation sites excluding steroid dienone is 2. The summed E-state index contributed by atoms with van der Waals surface area (Å²) in [5.41, 5.74) is 0. The van der Waals surface area contributed by atoms with Crippen LogP contribution in [0.2, 0.25) is 0 Å². The Balaban J connectivity index is 4.45. The molecule has 0 rings (SSSR count). The minimum Gasteiger partial charge on any atom is -0.462 e. The zero-order valence-electron chi connectivity index (χ0n) is 41.3. The molecule has 362 valence electrons. The number of hydrogen-bond acceptors (Lipinski definition) is 5. The van der Waals surface area contributed by atoms with Gasteiger partial charge in [0, 0.05) is 6.42 Å². The molecule has 0 bridgehead atoms. The summed E-state index contributed by atoms with van der Waals surface area (Å²) in [6, 6.07) is -0.703. The van der Waals surface area contributed by atoms with Gasteiger partial charge in [-0.1, -0.05) is 258 Å². The molecule has 0 aromatic carbocycles. The fraction of sp³-hybridized carbons (Fsp3) is 0.927. The summed E-state index contributed by atoms with van der Waals surface area (Å²) in [4.78, 5) is 26.1. The standard InChI is InChI=1S/C55H107NO5/c1-4-7-10-13-16-19-22-24-26-27-28-29-32-35-38-41-44-47-53(58)52(50-57)56-54(59)49-51(46-43-40-37-34-31-21-18-15-12-9-6-3)61-55(60)48-45-42-39-36-33-30-25-23-20-17-14-11-8-5-2/h34,37,51-53,57-58H,4-33,35-36,38-50H2,1-3H3,(H,56,59)/b37-34-. The highest BCUT2D eigenvalue weighted by molar-refractivity contribution is 5.77. The number of unbranched alkanes of at least 4 members (excludes halogenated alkanes) is 36. The first kappa shape index (κ1) is 59.6. The van der Waals surface area contributed by atoms with Crippen LogP contribution in [-0.2, 0) is 14.3 Å². The Morgan fingerprint density at radius 3 is 1.20 bits per heavy atom. The molecule has 0 fully saturated rings. The van der Waals surface area contributed by atoms with Crippen molar-refractivity contribution in [2.45, 2.75) is 322 Å². The summed E-state index contributed by atoms with van der Waals surface area (Å²) in [5.74, 6) is -0.485. The topological polar surface area (TPSA) is 95.9 Å². The van der Waals surface area contributed by atoms with Crippen molar-refractivity contribution in [1.29, 1.82) is 0 Å². The molecule has 0 heterocycles. The molecule has 6 nitrogen and oxygen atoms in total. The lowest BCUT2D eigenvalue weighted by Crippen LogP contribution is -2.46. The van der Waals surface area contributed by atoms with E-state index in [0.29, 0.717) is 19.3 Å². The molecule has 0 saturated heterocycles. The van der Waals surface area contributed by atoms with Crippen molar-refractivity contribution in [2.75, 3.05) is 6.61 Å². The third-order valence-corrected chi connectivity index (χ3v) is 12.8. The molecule has 0 saturated carbocycles. The Kier molecular flexibility index (Phi) is 48.5. The SMILES string of the molecule is CCCCCCCC/C=C\CCCC(CC(=O)NC(CO)C(O)CCCCCCCCCCCCCCCCCCC)OC(=O)CCCCCCCCCCCCCCCC. The van der Waals surface area contributed by atoms with Crippen molar-refractivity contribution in [3.05, 3.63) is 12.2 Å². The third-order valence-electron chi connectivity index (χ3n) is 12.8. The van der Waals surface area contributed by atoms with Crippen LogP contribution in [0.5, 0.6) is 0 Å². The van der Waals surface area contributed by atoms with Gasteiger partial charge in [-0.25, -0.2) is 0 Å². The highest BCUT2D eigenvalue weighted by Crippen LogP contribution is 2.18. The molecule has 6 heteroatoms. The highest BCUT2D eigenvalue weighted by atomic mass is 16.5. The molecule has 0 aliphatic carbocycles. The lowest BCUT2D eigenvalue weighted by Gasteiger charge is -2.24. The van der Waals surface area contributed by atoms with Crippen LogP contribution in [0, 0.1) is 0 Å². The van der Waals surface area contributed by atoms with Crippen LogP contribution in [0.3, 0.4) is 0 Å². The number of nitrogens with one attached hydrogen (secondary N) is 1. The van der Waals surface area contributed by atoms with Crippen molar-refractivity contribution >= 4 is 11.9 Å². The fourth-order valence-electron chi connectivity index (χ4n) is 8.67. The number of amides is 1. The van der Waals surface area contributed by atoms with E-state index in [0.717, 1.165) is 51.4 Å². The van der Waals surface area contributed by atoms with Crippen LogP contribution in [0.4, 0.5) is 0 Å². The average molecular weight is 862 g/mol. The smallest absolute Gasteiger partial charge is 0.306 e. The predicted molar refractivity (Wildman–Crippen MR) is 264 cm³/mol. The van der Waals surface area contributed by atoms with Gasteiger partial charge in [0.1, 0.15) is 6.10 Å². The summed E-state index contributed by atoms with van der Waals surface area (Å²) in [7, 11) is 0. The van der Waals surface area contributed by atoms with Gasteiger partial charge in [0.15, 0.2) is 0 Å². The van der Waals surface area contributed by atoms with Crippen molar-refractivity contribution in [2.24, 2.45) is 0 Å². The molecule has 0 aromatic rings. The Bertz CT molecular complexity index is 924. The Morgan fingerprint density at radius 2 is 0.803 bits per heavy atom. The number of carbonyl (C=O) groups is 2. The normalized spacial score (nSPS) is 13.2. The third kappa shape index (κ3) is 45.0. The molecule has 0 radical (unpaired) electrons. The van der Waals surface area contributed by atoms with Gasteiger partial charge in [-0.2, -0.15) is 0 Å². The fourth-order valence-corrected chi connectivity index (χ4v) is 8.67. The van der Waals surface area contributed by atoms with Crippen molar-refractivity contribution in [3.63, 3.8) is 0 Å². The summed E-state index contributed by atoms with van der Waals surface area (Å²) in [5, 5.41) is 23.8. The van der Waals surface area contributed by atoms with Gasteiger partial charge < -0.3 is 20.3 Å². The molecular weight excluding hydrogens is 755 g/mol. The first-order valence-electron chi connectivity index (χ1n) is 27.4. The minimum atomic E-state index is -0.789. The van der Waals surface area contributed by atoms with Crippen LogP contribution in [0.15, 0.2) is 12.2 Å². The Morgan fingerprint density at radius 1 is 0.459 bits per heavy atom. The van der Waals surface area contributed by atoms with E-state index in [9.17, 15) is 19.8 Å². The Labute approximate surface area is 380 Å². The molecule has 0 aliphatic heterocycles. The summed E-state index contributed by atoms with van der Waals surface area (Å²) < 4.78 is 5.92. The van der Waals surface area contributed by atoms with E-state index >= 15 is 0 Å². The largest absolute Gasteiger partial charge is 0.462 e. The minimum absolute atomic E-state index is 0.0638. The van der Waals surface area contributed by atoms with E-state index < -0.39 is 18.2 Å². The molecule has 0 aliphatic rings. The van der Waals surface area contributed by atoms with E-state index in [2.05, 4.69) is 38.2 Å². The van der Waals surface area contributed by atoms with Gasteiger partial charge in [0.05, 0.1) is 25.2 Å². The molecular formula is C55H107NO5. The maximum absolute atomic E-state index is 13.2. The molecule has 3 unspecified atom stereocenters. The van der Waals surface area contributed by atoms with Gasteiger partial charge in [-0.3, -0.25) is 9.59 Å². The second kappa shape index (κ2) is 49.6. The van der Waals surface area contributed by atoms with Crippen LogP contribution in [0.25, 0.3) is 0 Å². The van der Waals surface area contributed by atoms with Crippen LogP contribution >= 0.6 is 0 Å². The lowest BCUT2D eigenvalue weighted by molar-refractivity contribution is -0.151. The zero-order valence-corrected chi connectivity index (χ0v) is 41.3. The highest BCUT2D eigenvalue weighted by Gasteiger charge is 2.24. The van der Waals surface area contributed by atoms with Crippen molar-refractivity contribution < 1.29 is 24.5 Å². The Hall–Kier alpha value is -1.40. The molecule has 61 heavy (non-hydrogen) atoms. The number of esters is 1. The maximum atomic E-state index is 13.2. The zero-order chi connectivity index (χ0) is 44.5. The van der Waals surface area contributed by atoms with Crippen LogP contribution < -0.4 is 5.32 Å². The van der Waals surface area contributed by atoms with Gasteiger partial charge in [0.25, 0.3) is 0 Å². The summed E-state index contributed by atoms with van der Waals surface area (Å²) >= 11 is 0. The second-order valence-corrected chi connectivity index (χ2v) is 19.0. The number of aliphatic hydroxyl groups is 2. The van der Waals surface area contributed by atoms with Gasteiger partial charge in [0.2, 0.25) is 5.91 Å². The van der Waals surface area contributed by atoms with Gasteiger partial charge >= 0.3 is 5.97 Å². The number of rotatable bonds is 50. The van der Waals surface area contributed by atoms with E-state index in [4.69, 9.17) is 4.74 Å². The maximum Gasteiger partial charge on any atom is 0.306 e. The van der Waals surface area contributed by atoms with Crippen molar-refractivity contribution in [1.82, 2.24) is 5.32 Å². The number of ether oxygens (including phenoxy) is 1. The van der Waals surface area contributed by atoms with E-state index in [1.54, 1.807) is 0 Å². The van der Waals surface area contributed by atoms with E-state index in [-0.39, 0.29) is 24.9 Å². The van der Waals surface area contributed by atoms with Gasteiger partial charge in [-0.15, -0.1) is 0 Å². The number of carbonyl (C=O) groups excluding carboxylic acids is 2. The predicted octanol–water partition coefficient (Wildman–Crippen LogP) is 16.5. The summed E-state index contributed by atoms with van der Waals surface area (Å²) in [6.07, 6.45) is 55.7. The molecule has 0 spiro atoms. The van der Waals surface area contributed by atoms with Crippen LogP contribution in [0.1, 0.15) is 303 Å².